The summed E-state index contributed by atoms with van der Waals surface area (Å²) in [6.07, 6.45) is 6.74. The number of hydrogen-bond donors (Lipinski definition) is 0. The maximum Gasteiger partial charge on any atom is 0.122 e. The number of benzene rings is 1. The third kappa shape index (κ3) is 2.54. The smallest absolute Gasteiger partial charge is 0.122 e. The minimum absolute atomic E-state index is 0.633. The van der Waals surface area contributed by atoms with Crippen LogP contribution in [0.25, 0.3) is 0 Å². The largest absolute Gasteiger partial charge is 0.337 e. The number of aryl methyl sites for hydroxylation is 2. The van der Waals surface area contributed by atoms with Gasteiger partial charge in [-0.1, -0.05) is 29.8 Å². The molecule has 4 saturated heterocycles. The molecule has 25 heavy (non-hydrogen) atoms. The minimum atomic E-state index is 0.633. The summed E-state index contributed by atoms with van der Waals surface area (Å²) in [6, 6.07) is 10.7. The van der Waals surface area contributed by atoms with E-state index < -0.39 is 0 Å². The zero-order valence-corrected chi connectivity index (χ0v) is 15.3. The van der Waals surface area contributed by atoms with E-state index in [0.29, 0.717) is 18.0 Å². The molecule has 0 saturated carbocycles. The summed E-state index contributed by atoms with van der Waals surface area (Å²) < 4.78 is 2.18. The van der Waals surface area contributed by atoms with Gasteiger partial charge in [-0.15, -0.1) is 0 Å². The Hall–Kier alpha value is -1.65. The van der Waals surface area contributed by atoms with Crippen molar-refractivity contribution in [3.63, 3.8) is 0 Å². The van der Waals surface area contributed by atoms with Crippen molar-refractivity contribution in [3.05, 3.63) is 53.6 Å². The SMILES string of the molecule is Cc1ccc([C@H]2CN(Cc3nccn3C)[C@@H]3C4CCN(CC4)[C@H]23)cc1. The van der Waals surface area contributed by atoms with Crippen molar-refractivity contribution < 1.29 is 0 Å². The van der Waals surface area contributed by atoms with Gasteiger partial charge in [0.1, 0.15) is 5.82 Å². The first-order valence-corrected chi connectivity index (χ1v) is 9.71. The standard InChI is InChI=1S/C21H28N4/c1-15-3-5-16(6-4-15)18-13-25(14-19-22-9-12-23(19)2)20-17-7-10-24(11-8-17)21(18)20/h3-6,9,12,17-18,20-21H,7-8,10-11,13-14H2,1-2H3/t18-,20-,21-/m1/s1. The molecule has 5 heterocycles. The van der Waals surface area contributed by atoms with Gasteiger partial charge in [-0.2, -0.15) is 0 Å². The van der Waals surface area contributed by atoms with Gasteiger partial charge in [0.2, 0.25) is 0 Å². The van der Waals surface area contributed by atoms with Crippen molar-refractivity contribution in [2.24, 2.45) is 13.0 Å². The van der Waals surface area contributed by atoms with E-state index in [-0.39, 0.29) is 0 Å². The summed E-state index contributed by atoms with van der Waals surface area (Å²) in [5.74, 6) is 2.69. The molecule has 4 nitrogen and oxygen atoms in total. The summed E-state index contributed by atoms with van der Waals surface area (Å²) in [5, 5.41) is 0. The topological polar surface area (TPSA) is 24.3 Å². The number of nitrogens with zero attached hydrogens (tertiary/aromatic N) is 4. The van der Waals surface area contributed by atoms with E-state index in [1.54, 1.807) is 0 Å². The Balaban J connectivity index is 1.48. The molecule has 1 aromatic heterocycles. The fraction of sp³-hybridized carbons (Fsp3) is 0.571. The third-order valence-electron chi connectivity index (χ3n) is 6.86. The van der Waals surface area contributed by atoms with Gasteiger partial charge in [0, 0.05) is 44.0 Å². The van der Waals surface area contributed by atoms with E-state index in [0.717, 1.165) is 19.0 Å². The van der Waals surface area contributed by atoms with Gasteiger partial charge in [0.05, 0.1) is 6.54 Å². The Morgan fingerprint density at radius 2 is 1.84 bits per heavy atom. The van der Waals surface area contributed by atoms with Crippen LogP contribution in [0.1, 0.15) is 35.7 Å². The highest BCUT2D eigenvalue weighted by atomic mass is 15.3. The zero-order chi connectivity index (χ0) is 17.0. The predicted molar refractivity (Wildman–Crippen MR) is 99.4 cm³/mol. The molecule has 0 aliphatic carbocycles. The molecule has 4 aliphatic rings. The van der Waals surface area contributed by atoms with Crippen molar-refractivity contribution in [1.29, 1.82) is 0 Å². The van der Waals surface area contributed by atoms with E-state index in [4.69, 9.17) is 0 Å². The summed E-state index contributed by atoms with van der Waals surface area (Å²) >= 11 is 0. The van der Waals surface area contributed by atoms with Gasteiger partial charge < -0.3 is 4.57 Å². The highest BCUT2D eigenvalue weighted by Crippen LogP contribution is 2.46. The van der Waals surface area contributed by atoms with Crippen molar-refractivity contribution in [3.8, 4) is 0 Å². The van der Waals surface area contributed by atoms with Crippen molar-refractivity contribution in [1.82, 2.24) is 19.4 Å². The molecule has 0 amide bonds. The van der Waals surface area contributed by atoms with Crippen LogP contribution in [-0.4, -0.2) is 51.1 Å². The lowest BCUT2D eigenvalue weighted by molar-refractivity contribution is -0.00947. The summed E-state index contributed by atoms with van der Waals surface area (Å²) in [5.41, 5.74) is 2.88. The quantitative estimate of drug-likeness (QED) is 0.861. The molecule has 132 valence electrons. The Bertz CT molecular complexity index is 742. The van der Waals surface area contributed by atoms with E-state index in [1.165, 1.54) is 42.9 Å². The van der Waals surface area contributed by atoms with E-state index >= 15 is 0 Å². The van der Waals surface area contributed by atoms with Crippen LogP contribution in [0.3, 0.4) is 0 Å². The molecule has 0 unspecified atom stereocenters. The number of aromatic nitrogens is 2. The number of fused-ring (bicyclic) bond motifs is 2. The Morgan fingerprint density at radius 1 is 1.08 bits per heavy atom. The fourth-order valence-electron chi connectivity index (χ4n) is 5.56. The minimum Gasteiger partial charge on any atom is -0.337 e. The van der Waals surface area contributed by atoms with E-state index in [2.05, 4.69) is 63.8 Å². The average molecular weight is 336 g/mol. The Labute approximate surface area is 150 Å². The summed E-state index contributed by atoms with van der Waals surface area (Å²) in [4.78, 5) is 10.1. The van der Waals surface area contributed by atoms with Gasteiger partial charge in [-0.25, -0.2) is 4.98 Å². The fourth-order valence-corrected chi connectivity index (χ4v) is 5.56. The molecule has 4 fully saturated rings. The maximum atomic E-state index is 4.60. The molecule has 2 aromatic rings. The Morgan fingerprint density at radius 3 is 2.52 bits per heavy atom. The molecule has 2 bridgehead atoms. The predicted octanol–water partition coefficient (Wildman–Crippen LogP) is 2.79. The number of imidazole rings is 1. The lowest BCUT2D eigenvalue weighted by atomic mass is 9.75. The number of likely N-dealkylation sites (tertiary alicyclic amines) is 1. The molecule has 0 N–H and O–H groups in total. The van der Waals surface area contributed by atoms with Gasteiger partial charge >= 0.3 is 0 Å². The normalized spacial score (nSPS) is 34.4. The molecule has 0 radical (unpaired) electrons. The van der Waals surface area contributed by atoms with Gasteiger partial charge in [0.15, 0.2) is 0 Å². The molecule has 4 heteroatoms. The second-order valence-corrected chi connectivity index (χ2v) is 8.26. The zero-order valence-electron chi connectivity index (χ0n) is 15.3. The molecule has 6 rings (SSSR count). The number of hydrogen-bond acceptors (Lipinski definition) is 3. The molecule has 3 atom stereocenters. The second kappa shape index (κ2) is 5.96. The summed E-state index contributed by atoms with van der Waals surface area (Å²) in [6.45, 7) is 6.92. The number of rotatable bonds is 3. The van der Waals surface area contributed by atoms with Crippen LogP contribution < -0.4 is 0 Å². The molecule has 4 aliphatic heterocycles. The van der Waals surface area contributed by atoms with Gasteiger partial charge in [0.25, 0.3) is 0 Å². The second-order valence-electron chi connectivity index (χ2n) is 8.26. The Kier molecular flexibility index (Phi) is 3.72. The van der Waals surface area contributed by atoms with Crippen LogP contribution in [0.2, 0.25) is 0 Å². The van der Waals surface area contributed by atoms with Gasteiger partial charge in [-0.05, 0) is 44.3 Å². The highest BCUT2D eigenvalue weighted by Gasteiger charge is 2.53. The highest BCUT2D eigenvalue weighted by molar-refractivity contribution is 5.29. The van der Waals surface area contributed by atoms with Crippen molar-refractivity contribution >= 4 is 0 Å². The first-order valence-electron chi connectivity index (χ1n) is 9.71. The molecule has 1 aromatic carbocycles. The van der Waals surface area contributed by atoms with Crippen LogP contribution in [0.15, 0.2) is 36.7 Å². The summed E-state index contributed by atoms with van der Waals surface area (Å²) in [7, 11) is 2.11. The number of piperidine rings is 3. The average Bonchev–Trinajstić information content (AvgIpc) is 3.23. The first-order chi connectivity index (χ1) is 12.2. The van der Waals surface area contributed by atoms with Gasteiger partial charge in [-0.3, -0.25) is 9.80 Å². The van der Waals surface area contributed by atoms with Crippen molar-refractivity contribution in [2.75, 3.05) is 19.6 Å². The lowest BCUT2D eigenvalue weighted by Gasteiger charge is -2.51. The van der Waals surface area contributed by atoms with Crippen LogP contribution in [0.5, 0.6) is 0 Å². The maximum absolute atomic E-state index is 4.60. The lowest BCUT2D eigenvalue weighted by Crippen LogP contribution is -2.60. The third-order valence-corrected chi connectivity index (χ3v) is 6.86. The first kappa shape index (κ1) is 15.6. The monoisotopic (exact) mass is 336 g/mol. The van der Waals surface area contributed by atoms with E-state index in [9.17, 15) is 0 Å². The van der Waals surface area contributed by atoms with Crippen LogP contribution >= 0.6 is 0 Å². The molecule has 0 spiro atoms. The van der Waals surface area contributed by atoms with Crippen LogP contribution in [0, 0.1) is 12.8 Å². The van der Waals surface area contributed by atoms with Crippen LogP contribution in [-0.2, 0) is 13.6 Å². The van der Waals surface area contributed by atoms with Crippen LogP contribution in [0.4, 0.5) is 0 Å². The molecular formula is C21H28N4. The van der Waals surface area contributed by atoms with E-state index in [1.807, 2.05) is 6.20 Å². The van der Waals surface area contributed by atoms with Crippen molar-refractivity contribution in [2.45, 2.75) is 44.3 Å². The molecular weight excluding hydrogens is 308 g/mol.